The van der Waals surface area contributed by atoms with Crippen LogP contribution >= 0.6 is 27.5 Å². The summed E-state index contributed by atoms with van der Waals surface area (Å²) in [7, 11) is 0. The number of rotatable bonds is 6. The number of ether oxygens (including phenoxy) is 1. The lowest BCUT2D eigenvalue weighted by molar-refractivity contribution is 0.117. The molecular weight excluding hydrogens is 354 g/mol. The van der Waals surface area contributed by atoms with Gasteiger partial charge in [0.05, 0.1) is 10.7 Å². The Morgan fingerprint density at radius 2 is 2.05 bits per heavy atom. The third kappa shape index (κ3) is 4.92. The molecule has 1 atom stereocenters. The van der Waals surface area contributed by atoms with Gasteiger partial charge in [0.2, 0.25) is 0 Å². The van der Waals surface area contributed by atoms with Gasteiger partial charge >= 0.3 is 0 Å². The Hall–Kier alpha value is -1.23. The van der Waals surface area contributed by atoms with Crippen LogP contribution in [0.3, 0.4) is 0 Å². The fraction of sp³-hybridized carbons (Fsp3) is 0.250. The molecule has 0 aliphatic carbocycles. The number of hydrogen-bond acceptors (Lipinski definition) is 3. The van der Waals surface area contributed by atoms with E-state index >= 15 is 0 Å². The van der Waals surface area contributed by atoms with Gasteiger partial charge in [0.15, 0.2) is 0 Å². The molecule has 5 heteroatoms. The summed E-state index contributed by atoms with van der Waals surface area (Å²) in [4.78, 5) is 0. The van der Waals surface area contributed by atoms with Crippen LogP contribution < -0.4 is 10.1 Å². The lowest BCUT2D eigenvalue weighted by Gasteiger charge is -2.16. The largest absolute Gasteiger partial charge is 0.491 e. The number of benzene rings is 2. The first-order chi connectivity index (χ1) is 10.1. The molecule has 0 aliphatic rings. The van der Waals surface area contributed by atoms with E-state index < -0.39 is 6.10 Å². The zero-order valence-corrected chi connectivity index (χ0v) is 14.0. The Balaban J connectivity index is 1.84. The third-order valence-corrected chi connectivity index (χ3v) is 3.78. The highest BCUT2D eigenvalue weighted by Gasteiger charge is 2.08. The molecular formula is C16H17BrClNO2. The van der Waals surface area contributed by atoms with Gasteiger partial charge in [-0.15, -0.1) is 0 Å². The van der Waals surface area contributed by atoms with E-state index in [2.05, 4.69) is 21.2 Å². The molecule has 0 radical (unpaired) electrons. The van der Waals surface area contributed by atoms with Crippen molar-refractivity contribution in [1.82, 2.24) is 0 Å². The van der Waals surface area contributed by atoms with Crippen molar-refractivity contribution in [2.24, 2.45) is 0 Å². The van der Waals surface area contributed by atoms with Gasteiger partial charge in [0.1, 0.15) is 18.5 Å². The predicted molar refractivity (Wildman–Crippen MR) is 90.3 cm³/mol. The van der Waals surface area contributed by atoms with E-state index in [0.29, 0.717) is 11.6 Å². The van der Waals surface area contributed by atoms with Gasteiger partial charge in [-0.1, -0.05) is 45.7 Å². The minimum atomic E-state index is -0.625. The van der Waals surface area contributed by atoms with Crippen LogP contribution in [-0.2, 0) is 0 Å². The van der Waals surface area contributed by atoms with Crippen LogP contribution in [0.4, 0.5) is 5.69 Å². The molecule has 112 valence electrons. The van der Waals surface area contributed by atoms with E-state index in [9.17, 15) is 5.11 Å². The topological polar surface area (TPSA) is 41.5 Å². The minimum absolute atomic E-state index is 0.215. The molecule has 1 unspecified atom stereocenters. The standard InChI is InChI=1S/C16H17BrClNO2/c1-11-4-2-7-15(18)16(11)19-9-13(20)10-21-14-6-3-5-12(17)8-14/h2-8,13,19-20H,9-10H2,1H3. The first-order valence-corrected chi connectivity index (χ1v) is 7.79. The highest BCUT2D eigenvalue weighted by atomic mass is 79.9. The Bertz CT molecular complexity index is 586. The number of anilines is 1. The molecule has 0 aliphatic heterocycles. The molecule has 0 spiro atoms. The highest BCUT2D eigenvalue weighted by molar-refractivity contribution is 9.10. The molecule has 0 heterocycles. The molecule has 0 amide bonds. The molecule has 0 saturated heterocycles. The van der Waals surface area contributed by atoms with E-state index in [1.807, 2.05) is 49.4 Å². The van der Waals surface area contributed by atoms with E-state index in [0.717, 1.165) is 21.5 Å². The Kier molecular flexibility index (Phi) is 5.91. The SMILES string of the molecule is Cc1cccc(Cl)c1NCC(O)COc1cccc(Br)c1. The first-order valence-electron chi connectivity index (χ1n) is 6.61. The van der Waals surface area contributed by atoms with Gasteiger partial charge < -0.3 is 15.2 Å². The molecule has 21 heavy (non-hydrogen) atoms. The molecule has 0 fully saturated rings. The molecule has 0 saturated carbocycles. The number of halogens is 2. The van der Waals surface area contributed by atoms with E-state index in [-0.39, 0.29) is 6.61 Å². The maximum atomic E-state index is 9.98. The van der Waals surface area contributed by atoms with Crippen molar-refractivity contribution < 1.29 is 9.84 Å². The molecule has 0 bridgehead atoms. The smallest absolute Gasteiger partial charge is 0.120 e. The Morgan fingerprint density at radius 1 is 1.29 bits per heavy atom. The number of nitrogens with one attached hydrogen (secondary N) is 1. The molecule has 3 nitrogen and oxygen atoms in total. The maximum Gasteiger partial charge on any atom is 0.120 e. The quantitative estimate of drug-likeness (QED) is 0.798. The number of aliphatic hydroxyl groups is 1. The van der Waals surface area contributed by atoms with Crippen LogP contribution in [0.1, 0.15) is 5.56 Å². The van der Waals surface area contributed by atoms with Crippen LogP contribution in [0.5, 0.6) is 5.75 Å². The minimum Gasteiger partial charge on any atom is -0.491 e. The maximum absolute atomic E-state index is 9.98. The highest BCUT2D eigenvalue weighted by Crippen LogP contribution is 2.25. The fourth-order valence-corrected chi connectivity index (χ4v) is 2.55. The molecule has 2 rings (SSSR count). The number of aliphatic hydroxyl groups excluding tert-OH is 1. The summed E-state index contributed by atoms with van der Waals surface area (Å²) in [6, 6.07) is 13.2. The normalized spacial score (nSPS) is 12.0. The van der Waals surface area contributed by atoms with Crippen molar-refractivity contribution >= 4 is 33.2 Å². The number of hydrogen-bond donors (Lipinski definition) is 2. The summed E-state index contributed by atoms with van der Waals surface area (Å²) in [6.45, 7) is 2.56. The number of para-hydroxylation sites is 1. The summed E-state index contributed by atoms with van der Waals surface area (Å²) in [5, 5.41) is 13.8. The van der Waals surface area contributed by atoms with E-state index in [1.54, 1.807) is 0 Å². The van der Waals surface area contributed by atoms with Crippen molar-refractivity contribution in [3.05, 3.63) is 57.5 Å². The average Bonchev–Trinajstić information content (AvgIpc) is 2.45. The van der Waals surface area contributed by atoms with Crippen molar-refractivity contribution in [3.8, 4) is 5.75 Å². The summed E-state index contributed by atoms with van der Waals surface area (Å²) in [6.07, 6.45) is -0.625. The Morgan fingerprint density at radius 3 is 2.76 bits per heavy atom. The molecule has 2 aromatic carbocycles. The summed E-state index contributed by atoms with van der Waals surface area (Å²) < 4.78 is 6.49. The monoisotopic (exact) mass is 369 g/mol. The fourth-order valence-electron chi connectivity index (χ4n) is 1.88. The van der Waals surface area contributed by atoms with Gasteiger partial charge in [-0.25, -0.2) is 0 Å². The summed E-state index contributed by atoms with van der Waals surface area (Å²) >= 11 is 9.50. The molecule has 0 aromatic heterocycles. The van der Waals surface area contributed by atoms with Crippen molar-refractivity contribution in [1.29, 1.82) is 0 Å². The van der Waals surface area contributed by atoms with Crippen molar-refractivity contribution in [3.63, 3.8) is 0 Å². The number of aryl methyl sites for hydroxylation is 1. The molecule has 2 N–H and O–H groups in total. The second kappa shape index (κ2) is 7.69. The summed E-state index contributed by atoms with van der Waals surface area (Å²) in [5.74, 6) is 0.720. The van der Waals surface area contributed by atoms with Crippen molar-refractivity contribution in [2.75, 3.05) is 18.5 Å². The van der Waals surface area contributed by atoms with E-state index in [1.165, 1.54) is 0 Å². The zero-order chi connectivity index (χ0) is 15.2. The van der Waals surface area contributed by atoms with Crippen LogP contribution in [0.2, 0.25) is 5.02 Å². The second-order valence-electron chi connectivity index (χ2n) is 4.73. The van der Waals surface area contributed by atoms with Crippen molar-refractivity contribution in [2.45, 2.75) is 13.0 Å². The van der Waals surface area contributed by atoms with Crippen LogP contribution in [-0.4, -0.2) is 24.4 Å². The van der Waals surface area contributed by atoms with Gasteiger partial charge in [-0.3, -0.25) is 0 Å². The van der Waals surface area contributed by atoms with Gasteiger partial charge in [-0.05, 0) is 36.8 Å². The van der Waals surface area contributed by atoms with Gasteiger partial charge in [0.25, 0.3) is 0 Å². The van der Waals surface area contributed by atoms with Crippen LogP contribution in [0, 0.1) is 6.92 Å². The predicted octanol–water partition coefficient (Wildman–Crippen LogP) is 4.26. The molecule has 2 aromatic rings. The van der Waals surface area contributed by atoms with Crippen LogP contribution in [0.25, 0.3) is 0 Å². The van der Waals surface area contributed by atoms with Gasteiger partial charge in [-0.2, -0.15) is 0 Å². The lowest BCUT2D eigenvalue weighted by atomic mass is 10.2. The summed E-state index contributed by atoms with van der Waals surface area (Å²) in [5.41, 5.74) is 1.89. The Labute approximate surface area is 138 Å². The zero-order valence-electron chi connectivity index (χ0n) is 11.6. The lowest BCUT2D eigenvalue weighted by Crippen LogP contribution is -2.26. The van der Waals surface area contributed by atoms with Crippen LogP contribution in [0.15, 0.2) is 46.9 Å². The average molecular weight is 371 g/mol. The van der Waals surface area contributed by atoms with E-state index in [4.69, 9.17) is 16.3 Å². The first kappa shape index (κ1) is 16.1. The van der Waals surface area contributed by atoms with Gasteiger partial charge in [0, 0.05) is 11.0 Å². The third-order valence-electron chi connectivity index (χ3n) is 2.97. The second-order valence-corrected chi connectivity index (χ2v) is 6.06.